The van der Waals surface area contributed by atoms with Crippen LogP contribution >= 0.6 is 0 Å². The maximum atomic E-state index is 12.3. The predicted molar refractivity (Wildman–Crippen MR) is 90.1 cm³/mol. The standard InChI is InChI=1S/C18H17F3N2O5/c19-18(20,21)11-22-15(24)10-28-17(26)13(9-12-5-2-1-3-6-12)23-16(25)14-7-4-8-27-14/h1-8,13H,9-11H2,(H,22,24)(H,23,25)/t13-/m0/s1. The minimum atomic E-state index is -4.58. The Kier molecular flexibility index (Phi) is 7.19. The molecule has 1 aromatic carbocycles. The van der Waals surface area contributed by atoms with E-state index in [2.05, 4.69) is 5.32 Å². The van der Waals surface area contributed by atoms with E-state index in [1.165, 1.54) is 18.4 Å². The lowest BCUT2D eigenvalue weighted by molar-refractivity contribution is -0.152. The van der Waals surface area contributed by atoms with Gasteiger partial charge in [-0.1, -0.05) is 30.3 Å². The Morgan fingerprint density at radius 2 is 1.79 bits per heavy atom. The van der Waals surface area contributed by atoms with Crippen LogP contribution in [0.25, 0.3) is 0 Å². The first-order valence-electron chi connectivity index (χ1n) is 8.13. The van der Waals surface area contributed by atoms with E-state index < -0.39 is 43.2 Å². The second kappa shape index (κ2) is 9.58. The molecule has 0 bridgehead atoms. The number of nitrogens with one attached hydrogen (secondary N) is 2. The number of amides is 2. The molecule has 0 radical (unpaired) electrons. The van der Waals surface area contributed by atoms with Crippen LogP contribution < -0.4 is 10.6 Å². The third kappa shape index (κ3) is 7.14. The SMILES string of the molecule is O=C(COC(=O)[C@H](Cc1ccccc1)NC(=O)c1ccco1)NCC(F)(F)F. The van der Waals surface area contributed by atoms with Crippen LogP contribution in [-0.4, -0.2) is 43.2 Å². The van der Waals surface area contributed by atoms with Gasteiger partial charge in [-0.3, -0.25) is 9.59 Å². The average Bonchev–Trinajstić information content (AvgIpc) is 3.19. The van der Waals surface area contributed by atoms with Crippen LogP contribution in [0.2, 0.25) is 0 Å². The lowest BCUT2D eigenvalue weighted by Crippen LogP contribution is -2.44. The predicted octanol–water partition coefficient (Wildman–Crippen LogP) is 1.84. The van der Waals surface area contributed by atoms with Crippen molar-refractivity contribution in [2.45, 2.75) is 18.6 Å². The monoisotopic (exact) mass is 398 g/mol. The summed E-state index contributed by atoms with van der Waals surface area (Å²) in [6, 6.07) is 10.4. The molecular formula is C18H17F3N2O5. The van der Waals surface area contributed by atoms with Gasteiger partial charge in [0.25, 0.3) is 11.8 Å². The van der Waals surface area contributed by atoms with Crippen molar-refractivity contribution in [2.24, 2.45) is 0 Å². The minimum absolute atomic E-state index is 0.0335. The summed E-state index contributed by atoms with van der Waals surface area (Å²) >= 11 is 0. The largest absolute Gasteiger partial charge is 0.459 e. The zero-order valence-corrected chi connectivity index (χ0v) is 14.5. The fourth-order valence-corrected chi connectivity index (χ4v) is 2.17. The summed E-state index contributed by atoms with van der Waals surface area (Å²) in [4.78, 5) is 35.8. The van der Waals surface area contributed by atoms with Crippen molar-refractivity contribution in [1.82, 2.24) is 10.6 Å². The van der Waals surface area contributed by atoms with Crippen LogP contribution in [-0.2, 0) is 20.7 Å². The summed E-state index contributed by atoms with van der Waals surface area (Å²) in [5, 5.41) is 4.01. The summed E-state index contributed by atoms with van der Waals surface area (Å²) in [5.74, 6) is -2.79. The molecule has 1 aromatic heterocycles. The van der Waals surface area contributed by atoms with Crippen molar-refractivity contribution < 1.29 is 36.7 Å². The van der Waals surface area contributed by atoms with Gasteiger partial charge in [-0.15, -0.1) is 0 Å². The highest BCUT2D eigenvalue weighted by atomic mass is 19.4. The van der Waals surface area contributed by atoms with Gasteiger partial charge in [0.1, 0.15) is 12.6 Å². The Labute approximate surface area is 157 Å². The van der Waals surface area contributed by atoms with E-state index in [0.717, 1.165) is 0 Å². The molecule has 7 nitrogen and oxygen atoms in total. The maximum absolute atomic E-state index is 12.3. The Bertz CT molecular complexity index is 791. The number of esters is 1. The van der Waals surface area contributed by atoms with Crippen molar-refractivity contribution in [3.05, 3.63) is 60.1 Å². The van der Waals surface area contributed by atoms with Crippen molar-refractivity contribution >= 4 is 17.8 Å². The molecule has 0 aliphatic rings. The summed E-state index contributed by atoms with van der Waals surface area (Å²) in [5.41, 5.74) is 0.700. The first-order valence-corrected chi connectivity index (χ1v) is 8.13. The summed E-state index contributed by atoms with van der Waals surface area (Å²) < 4.78 is 46.0. The van der Waals surface area contributed by atoms with E-state index in [4.69, 9.17) is 9.15 Å². The molecule has 1 atom stereocenters. The van der Waals surface area contributed by atoms with Gasteiger partial charge in [0.05, 0.1) is 6.26 Å². The molecule has 0 spiro atoms. The third-order valence-electron chi connectivity index (χ3n) is 3.45. The number of benzene rings is 1. The number of rotatable bonds is 8. The van der Waals surface area contributed by atoms with Crippen LogP contribution in [0, 0.1) is 0 Å². The number of ether oxygens (including phenoxy) is 1. The number of hydrogen-bond acceptors (Lipinski definition) is 5. The van der Waals surface area contributed by atoms with E-state index in [9.17, 15) is 27.6 Å². The molecule has 0 unspecified atom stereocenters. The van der Waals surface area contributed by atoms with Gasteiger partial charge in [0, 0.05) is 6.42 Å². The highest BCUT2D eigenvalue weighted by molar-refractivity contribution is 5.94. The molecule has 0 saturated carbocycles. The molecular weight excluding hydrogens is 381 g/mol. The molecule has 0 fully saturated rings. The molecule has 0 aliphatic carbocycles. The van der Waals surface area contributed by atoms with Gasteiger partial charge in [0.2, 0.25) is 0 Å². The second-order valence-corrected chi connectivity index (χ2v) is 5.69. The average molecular weight is 398 g/mol. The number of alkyl halides is 3. The van der Waals surface area contributed by atoms with E-state index in [-0.39, 0.29) is 12.2 Å². The van der Waals surface area contributed by atoms with E-state index in [1.807, 2.05) is 0 Å². The van der Waals surface area contributed by atoms with Gasteiger partial charge in [0.15, 0.2) is 12.4 Å². The lowest BCUT2D eigenvalue weighted by Gasteiger charge is -2.17. The normalized spacial score (nSPS) is 12.1. The zero-order valence-electron chi connectivity index (χ0n) is 14.5. The quantitative estimate of drug-likeness (QED) is 0.662. The molecule has 28 heavy (non-hydrogen) atoms. The zero-order chi connectivity index (χ0) is 20.6. The first kappa shape index (κ1) is 21.0. The van der Waals surface area contributed by atoms with Crippen LogP contribution in [0.15, 0.2) is 53.1 Å². The number of carbonyl (C=O) groups is 3. The van der Waals surface area contributed by atoms with Crippen molar-refractivity contribution in [3.63, 3.8) is 0 Å². The fraction of sp³-hybridized carbons (Fsp3) is 0.278. The Hall–Kier alpha value is -3.30. The molecule has 150 valence electrons. The molecule has 0 saturated heterocycles. The first-order chi connectivity index (χ1) is 13.2. The molecule has 2 N–H and O–H groups in total. The van der Waals surface area contributed by atoms with Crippen LogP contribution in [0.4, 0.5) is 13.2 Å². The molecule has 2 amide bonds. The van der Waals surface area contributed by atoms with Gasteiger partial charge >= 0.3 is 12.1 Å². The van der Waals surface area contributed by atoms with Crippen molar-refractivity contribution in [3.8, 4) is 0 Å². The van der Waals surface area contributed by atoms with Crippen LogP contribution in [0.5, 0.6) is 0 Å². The van der Waals surface area contributed by atoms with Gasteiger partial charge in [-0.2, -0.15) is 13.2 Å². The van der Waals surface area contributed by atoms with E-state index in [1.54, 1.807) is 35.6 Å². The number of hydrogen-bond donors (Lipinski definition) is 2. The Morgan fingerprint density at radius 1 is 1.07 bits per heavy atom. The van der Waals surface area contributed by atoms with Crippen molar-refractivity contribution in [1.29, 1.82) is 0 Å². The summed E-state index contributed by atoms with van der Waals surface area (Å²) in [7, 11) is 0. The minimum Gasteiger partial charge on any atom is -0.459 e. The Morgan fingerprint density at radius 3 is 2.39 bits per heavy atom. The van der Waals surface area contributed by atoms with Gasteiger partial charge in [-0.05, 0) is 17.7 Å². The topological polar surface area (TPSA) is 97.6 Å². The van der Waals surface area contributed by atoms with E-state index in [0.29, 0.717) is 5.56 Å². The third-order valence-corrected chi connectivity index (χ3v) is 3.45. The summed E-state index contributed by atoms with van der Waals surface area (Å²) in [6.07, 6.45) is -3.24. The number of carbonyl (C=O) groups excluding carboxylic acids is 3. The molecule has 1 heterocycles. The molecule has 0 aliphatic heterocycles. The summed E-state index contributed by atoms with van der Waals surface area (Å²) in [6.45, 7) is -2.44. The van der Waals surface area contributed by atoms with Gasteiger partial charge < -0.3 is 19.8 Å². The van der Waals surface area contributed by atoms with Crippen LogP contribution in [0.1, 0.15) is 16.1 Å². The van der Waals surface area contributed by atoms with Crippen LogP contribution in [0.3, 0.4) is 0 Å². The Balaban J connectivity index is 1.98. The number of halogens is 3. The highest BCUT2D eigenvalue weighted by Gasteiger charge is 2.29. The molecule has 2 aromatic rings. The smallest absolute Gasteiger partial charge is 0.405 e. The maximum Gasteiger partial charge on any atom is 0.405 e. The molecule has 10 heteroatoms. The molecule has 2 rings (SSSR count). The lowest BCUT2D eigenvalue weighted by atomic mass is 10.1. The van der Waals surface area contributed by atoms with E-state index >= 15 is 0 Å². The second-order valence-electron chi connectivity index (χ2n) is 5.69. The fourth-order valence-electron chi connectivity index (χ4n) is 2.17. The van der Waals surface area contributed by atoms with Crippen molar-refractivity contribution in [2.75, 3.05) is 13.2 Å². The van der Waals surface area contributed by atoms with Gasteiger partial charge in [-0.25, -0.2) is 4.79 Å². The number of furan rings is 1. The highest BCUT2D eigenvalue weighted by Crippen LogP contribution is 2.12.